The molecule has 0 radical (unpaired) electrons. The number of furan rings is 1. The van der Waals surface area contributed by atoms with E-state index in [-0.39, 0.29) is 12.0 Å². The number of para-hydroxylation sites is 1. The van der Waals surface area contributed by atoms with E-state index in [1.54, 1.807) is 11.0 Å². The minimum atomic E-state index is -0.506. The maximum atomic E-state index is 14.5. The van der Waals surface area contributed by atoms with Crippen LogP contribution >= 0.6 is 11.6 Å². The molecule has 8 nitrogen and oxygen atoms in total. The third kappa shape index (κ3) is 5.54. The maximum absolute atomic E-state index is 14.5. The minimum absolute atomic E-state index is 0.00615. The monoisotopic (exact) mass is 591 g/mol. The van der Waals surface area contributed by atoms with E-state index in [1.165, 1.54) is 6.20 Å². The van der Waals surface area contributed by atoms with Gasteiger partial charge in [-0.05, 0) is 62.3 Å². The highest BCUT2D eigenvalue weighted by molar-refractivity contribution is 6.30. The molecule has 220 valence electrons. The molecule has 0 aliphatic carbocycles. The number of ether oxygens (including phenoxy) is 1. The van der Waals surface area contributed by atoms with E-state index in [0.29, 0.717) is 48.9 Å². The highest BCUT2D eigenvalue weighted by atomic mass is 35.5. The van der Waals surface area contributed by atoms with Gasteiger partial charge in [0.1, 0.15) is 11.1 Å². The van der Waals surface area contributed by atoms with E-state index in [1.807, 2.05) is 50.3 Å². The van der Waals surface area contributed by atoms with E-state index in [2.05, 4.69) is 9.88 Å². The molecule has 42 heavy (non-hydrogen) atoms. The van der Waals surface area contributed by atoms with Gasteiger partial charge in [0.05, 0.1) is 11.6 Å². The summed E-state index contributed by atoms with van der Waals surface area (Å²) in [5.41, 5.74) is 2.41. The van der Waals surface area contributed by atoms with Crippen molar-refractivity contribution in [3.05, 3.63) is 65.0 Å². The lowest BCUT2D eigenvalue weighted by atomic mass is 9.68. The number of benzene rings is 1. The summed E-state index contributed by atoms with van der Waals surface area (Å²) in [6.07, 6.45) is 9.20. The Balaban J connectivity index is 1.04. The van der Waals surface area contributed by atoms with Crippen molar-refractivity contribution in [1.29, 1.82) is 0 Å². The number of hydrogen-bond acceptors (Lipinski definition) is 7. The van der Waals surface area contributed by atoms with E-state index in [4.69, 9.17) is 30.7 Å². The van der Waals surface area contributed by atoms with Gasteiger partial charge in [-0.15, -0.1) is 0 Å². The third-order valence-corrected chi connectivity index (χ3v) is 9.00. The molecule has 1 aromatic carbocycles. The van der Waals surface area contributed by atoms with Crippen molar-refractivity contribution in [2.45, 2.75) is 51.4 Å². The third-order valence-electron chi connectivity index (χ3n) is 8.79. The van der Waals surface area contributed by atoms with Gasteiger partial charge in [0, 0.05) is 48.7 Å². The van der Waals surface area contributed by atoms with Crippen molar-refractivity contribution in [3.63, 3.8) is 0 Å². The number of fused-ring (bicyclic) bond motifs is 3. The first-order valence-electron chi connectivity index (χ1n) is 14.7. The number of nitrogens with zero attached hydrogens (tertiary/aromatic N) is 5. The van der Waals surface area contributed by atoms with E-state index in [9.17, 15) is 9.18 Å². The van der Waals surface area contributed by atoms with Crippen molar-refractivity contribution < 1.29 is 18.3 Å². The second kappa shape index (κ2) is 11.9. The first-order chi connectivity index (χ1) is 20.3. The number of amides is 1. The highest BCUT2D eigenvalue weighted by Gasteiger charge is 2.41. The Morgan fingerprint density at radius 1 is 1.24 bits per heavy atom. The Morgan fingerprint density at radius 2 is 2.05 bits per heavy atom. The Morgan fingerprint density at radius 3 is 2.86 bits per heavy atom. The highest BCUT2D eigenvalue weighted by Crippen LogP contribution is 2.41. The number of anilines is 1. The summed E-state index contributed by atoms with van der Waals surface area (Å²) < 4.78 is 26.3. The molecule has 0 spiro atoms. The molecule has 6 rings (SSSR count). The fourth-order valence-electron chi connectivity index (χ4n) is 6.08. The summed E-state index contributed by atoms with van der Waals surface area (Å²) in [5.74, 6) is 0.994. The first kappa shape index (κ1) is 28.4. The maximum Gasteiger partial charge on any atom is 0.409 e. The summed E-state index contributed by atoms with van der Waals surface area (Å²) in [6.45, 7) is 7.21. The van der Waals surface area contributed by atoms with Crippen LogP contribution in [0.2, 0.25) is 5.02 Å². The molecule has 2 unspecified atom stereocenters. The van der Waals surface area contributed by atoms with Gasteiger partial charge in [0.25, 0.3) is 0 Å². The van der Waals surface area contributed by atoms with Crippen LogP contribution in [0.25, 0.3) is 28.1 Å². The van der Waals surface area contributed by atoms with Gasteiger partial charge < -0.3 is 19.0 Å². The molecule has 0 saturated carbocycles. The molecule has 5 heterocycles. The Labute approximate surface area is 249 Å². The van der Waals surface area contributed by atoms with Gasteiger partial charge >= 0.3 is 6.09 Å². The smallest absolute Gasteiger partial charge is 0.409 e. The van der Waals surface area contributed by atoms with Gasteiger partial charge in [0.2, 0.25) is 5.95 Å². The molecule has 3 aromatic heterocycles. The average Bonchev–Trinajstić information content (AvgIpc) is 3.66. The predicted octanol–water partition coefficient (Wildman–Crippen LogP) is 7.39. The summed E-state index contributed by atoms with van der Waals surface area (Å²) in [7, 11) is 0. The number of rotatable bonds is 7. The fraction of sp³-hybridized carbons (Fsp3) is 0.438. The van der Waals surface area contributed by atoms with Crippen molar-refractivity contribution in [1.82, 2.24) is 19.9 Å². The van der Waals surface area contributed by atoms with Crippen molar-refractivity contribution in [2.75, 3.05) is 37.7 Å². The Kier molecular flexibility index (Phi) is 8.03. The van der Waals surface area contributed by atoms with Crippen LogP contribution in [-0.4, -0.2) is 58.7 Å². The number of allylic oxidation sites excluding steroid dienone is 1. The molecule has 2 saturated heterocycles. The zero-order valence-electron chi connectivity index (χ0n) is 24.0. The van der Waals surface area contributed by atoms with Crippen LogP contribution in [0.15, 0.2) is 47.0 Å². The van der Waals surface area contributed by atoms with E-state index in [0.717, 1.165) is 60.2 Å². The predicted molar refractivity (Wildman–Crippen MR) is 162 cm³/mol. The molecule has 2 aliphatic rings. The Hall–Kier alpha value is -3.72. The molecule has 0 bridgehead atoms. The second-order valence-corrected chi connectivity index (χ2v) is 12.0. The van der Waals surface area contributed by atoms with Crippen molar-refractivity contribution in [2.24, 2.45) is 5.92 Å². The molecule has 1 amide bonds. The number of carbonyl (C=O) groups excluding carboxylic acids is 1. The largest absolute Gasteiger partial charge is 0.450 e. The number of unbranched alkanes of at least 4 members (excludes halogenated alkanes) is 1. The lowest BCUT2D eigenvalue weighted by Crippen LogP contribution is -2.50. The summed E-state index contributed by atoms with van der Waals surface area (Å²) >= 11 is 6.09. The van der Waals surface area contributed by atoms with Gasteiger partial charge in [-0.3, -0.25) is 0 Å². The molecule has 2 fully saturated rings. The van der Waals surface area contributed by atoms with Crippen LogP contribution in [0, 0.1) is 11.9 Å². The molecule has 0 N–H and O–H groups in total. The molecular formula is C32H35ClFN5O3. The number of carbonyl (C=O) groups is 1. The standard InChI is InChI=1S/C32H35ClFN5O3/c1-21-20-39(16-13-32(21,2)24-18-22(33)19-35-29(24)34)31(40)41-17-9-3-4-12-26-36-27-23-10-5-6-11-25(23)42-28(27)30(37-26)38-14-7-8-15-38/h4-6,10-12,18-19,21H,3,7-9,13-17,20H2,1-2H3/b12-4+. The Bertz CT molecular complexity index is 1640. The molecule has 4 aromatic rings. The number of pyridine rings is 1. The number of aromatic nitrogens is 3. The summed E-state index contributed by atoms with van der Waals surface area (Å²) in [4.78, 5) is 30.2. The first-order valence-corrected chi connectivity index (χ1v) is 15.1. The topological polar surface area (TPSA) is 84.6 Å². The second-order valence-electron chi connectivity index (χ2n) is 11.5. The fourth-order valence-corrected chi connectivity index (χ4v) is 6.24. The average molecular weight is 592 g/mol. The van der Waals surface area contributed by atoms with E-state index < -0.39 is 11.4 Å². The lowest BCUT2D eigenvalue weighted by Gasteiger charge is -2.44. The van der Waals surface area contributed by atoms with Gasteiger partial charge in [-0.25, -0.2) is 19.7 Å². The summed E-state index contributed by atoms with van der Waals surface area (Å²) in [6, 6.07) is 9.59. The molecule has 2 aliphatic heterocycles. The zero-order valence-corrected chi connectivity index (χ0v) is 24.7. The van der Waals surface area contributed by atoms with Crippen LogP contribution in [0.3, 0.4) is 0 Å². The van der Waals surface area contributed by atoms with Crippen molar-refractivity contribution in [3.8, 4) is 0 Å². The van der Waals surface area contributed by atoms with Crippen LogP contribution < -0.4 is 4.90 Å². The SMILES string of the molecule is CC1CN(C(=O)OCCC/C=C/c2nc(N3CCCC3)c3oc4ccccc4c3n2)CCC1(C)c1cc(Cl)cnc1F. The molecule has 2 atom stereocenters. The normalized spacial score (nSPS) is 21.2. The van der Waals surface area contributed by atoms with Gasteiger partial charge in [-0.2, -0.15) is 4.39 Å². The molecular weight excluding hydrogens is 557 g/mol. The van der Waals surface area contributed by atoms with Gasteiger partial charge in [-0.1, -0.05) is 43.7 Å². The van der Waals surface area contributed by atoms with Crippen LogP contribution in [-0.2, 0) is 10.2 Å². The van der Waals surface area contributed by atoms with Crippen LogP contribution in [0.5, 0.6) is 0 Å². The van der Waals surface area contributed by atoms with E-state index >= 15 is 0 Å². The number of halogens is 2. The van der Waals surface area contributed by atoms with Crippen LogP contribution in [0.4, 0.5) is 15.0 Å². The minimum Gasteiger partial charge on any atom is -0.450 e. The van der Waals surface area contributed by atoms with Crippen LogP contribution in [0.1, 0.15) is 57.3 Å². The quantitative estimate of drug-likeness (QED) is 0.164. The number of piperidine rings is 1. The zero-order chi connectivity index (χ0) is 29.3. The van der Waals surface area contributed by atoms with Gasteiger partial charge in [0.15, 0.2) is 17.2 Å². The lowest BCUT2D eigenvalue weighted by molar-refractivity contribution is 0.0645. The number of likely N-dealkylation sites (tertiary alicyclic amines) is 1. The summed E-state index contributed by atoms with van der Waals surface area (Å²) in [5, 5.41) is 1.39. The number of hydrogen-bond donors (Lipinski definition) is 0. The molecule has 10 heteroatoms. The van der Waals surface area contributed by atoms with Crippen molar-refractivity contribution >= 4 is 51.7 Å².